The fourth-order valence-corrected chi connectivity index (χ4v) is 6.20. The van der Waals surface area contributed by atoms with Gasteiger partial charge in [0.1, 0.15) is 11.9 Å². The molecule has 2 atom stereocenters. The highest BCUT2D eigenvalue weighted by molar-refractivity contribution is 6.74. The first-order valence-electron chi connectivity index (χ1n) is 14.4. The molecule has 7 nitrogen and oxygen atoms in total. The van der Waals surface area contributed by atoms with Gasteiger partial charge in [0, 0.05) is 25.5 Å². The largest absolute Gasteiger partial charge is 0.489 e. The maximum Gasteiger partial charge on any atom is 0.376 e. The van der Waals surface area contributed by atoms with Crippen LogP contribution in [0.25, 0.3) is 11.1 Å². The maximum absolute atomic E-state index is 12.3. The third-order valence-corrected chi connectivity index (χ3v) is 12.9. The molecule has 3 aromatic rings. The zero-order valence-corrected chi connectivity index (χ0v) is 26.4. The van der Waals surface area contributed by atoms with Gasteiger partial charge in [0.15, 0.2) is 8.32 Å². The van der Waals surface area contributed by atoms with Crippen LogP contribution in [0.2, 0.25) is 25.0 Å². The molecule has 2 heterocycles. The Morgan fingerprint density at radius 3 is 2.61 bits per heavy atom. The molecular formula is C32H43BN2O5Si. The number of nitrogens with zero attached hydrogens (tertiary/aromatic N) is 2. The minimum Gasteiger partial charge on any atom is -0.489 e. The number of carbonyl (C=O) groups excluding carboxylic acids is 1. The van der Waals surface area contributed by atoms with Crippen molar-refractivity contribution in [1.29, 1.82) is 0 Å². The summed E-state index contributed by atoms with van der Waals surface area (Å²) in [6, 6.07) is 17.5. The normalized spacial score (nSPS) is 16.1. The Labute approximate surface area is 246 Å². The number of ether oxygens (including phenoxy) is 2. The van der Waals surface area contributed by atoms with Crippen molar-refractivity contribution in [1.82, 2.24) is 9.79 Å². The molecule has 0 amide bonds. The van der Waals surface area contributed by atoms with E-state index in [1.54, 1.807) is 19.1 Å². The van der Waals surface area contributed by atoms with Gasteiger partial charge in [-0.3, -0.25) is 4.98 Å². The van der Waals surface area contributed by atoms with Crippen molar-refractivity contribution in [3.63, 3.8) is 0 Å². The molecule has 0 spiro atoms. The highest BCUT2D eigenvalue weighted by Gasteiger charge is 2.40. The number of carbonyl (C=O) groups is 1. The van der Waals surface area contributed by atoms with E-state index in [2.05, 4.69) is 44.9 Å². The van der Waals surface area contributed by atoms with Crippen molar-refractivity contribution >= 4 is 21.3 Å². The van der Waals surface area contributed by atoms with E-state index in [4.69, 9.17) is 13.9 Å². The van der Waals surface area contributed by atoms with Crippen molar-refractivity contribution < 1.29 is 23.7 Å². The van der Waals surface area contributed by atoms with E-state index in [1.165, 1.54) is 7.11 Å². The summed E-state index contributed by atoms with van der Waals surface area (Å²) < 4.78 is 18.3. The number of benzene rings is 2. The number of methoxy groups -OCH3 is 1. The smallest absolute Gasteiger partial charge is 0.376 e. The first-order valence-corrected chi connectivity index (χ1v) is 17.3. The van der Waals surface area contributed by atoms with Gasteiger partial charge in [-0.05, 0) is 84.3 Å². The van der Waals surface area contributed by atoms with E-state index in [-0.39, 0.29) is 23.2 Å². The minimum atomic E-state index is -2.10. The van der Waals surface area contributed by atoms with Crippen LogP contribution >= 0.6 is 0 Å². The van der Waals surface area contributed by atoms with E-state index in [1.807, 2.05) is 53.5 Å². The van der Waals surface area contributed by atoms with Gasteiger partial charge in [0.05, 0.1) is 18.8 Å². The average Bonchev–Trinajstić information content (AvgIpc) is 2.95. The lowest BCUT2D eigenvalue weighted by Crippen LogP contribution is -2.49. The summed E-state index contributed by atoms with van der Waals surface area (Å²) >= 11 is 0. The fourth-order valence-electron chi connectivity index (χ4n) is 4.93. The molecule has 1 aromatic heterocycles. The van der Waals surface area contributed by atoms with Crippen molar-refractivity contribution in [3.8, 4) is 16.9 Å². The van der Waals surface area contributed by atoms with Gasteiger partial charge in [-0.2, -0.15) is 0 Å². The first kappa shape index (κ1) is 31.0. The second-order valence-electron chi connectivity index (χ2n) is 12.4. The Balaban J connectivity index is 1.51. The number of aryl methyl sites for hydroxylation is 1. The molecule has 218 valence electrons. The monoisotopic (exact) mass is 574 g/mol. The van der Waals surface area contributed by atoms with Crippen molar-refractivity contribution in [2.75, 3.05) is 20.2 Å². The Hall–Kier alpha value is -2.98. The topological polar surface area (TPSA) is 81.1 Å². The van der Waals surface area contributed by atoms with Gasteiger partial charge in [-0.1, -0.05) is 51.1 Å². The summed E-state index contributed by atoms with van der Waals surface area (Å²) in [5.74, 6) is 0.488. The predicted octanol–water partition coefficient (Wildman–Crippen LogP) is 6.40. The summed E-state index contributed by atoms with van der Waals surface area (Å²) in [4.78, 5) is 18.7. The molecule has 0 saturated carbocycles. The van der Waals surface area contributed by atoms with Crippen LogP contribution in [0.15, 0.2) is 67.0 Å². The molecule has 1 aliphatic heterocycles. The van der Waals surface area contributed by atoms with Crippen LogP contribution in [-0.4, -0.2) is 62.5 Å². The van der Waals surface area contributed by atoms with Crippen LogP contribution in [0.3, 0.4) is 0 Å². The van der Waals surface area contributed by atoms with E-state index < -0.39 is 15.4 Å². The van der Waals surface area contributed by atoms with E-state index in [0.717, 1.165) is 40.8 Å². The van der Waals surface area contributed by atoms with Gasteiger partial charge < -0.3 is 23.7 Å². The zero-order chi connectivity index (χ0) is 29.8. The molecule has 9 heteroatoms. The predicted molar refractivity (Wildman–Crippen MR) is 167 cm³/mol. The van der Waals surface area contributed by atoms with Crippen molar-refractivity contribution in [2.45, 2.75) is 70.8 Å². The minimum absolute atomic E-state index is 0.0511. The lowest BCUT2D eigenvalue weighted by molar-refractivity contribution is 0.0601. The Morgan fingerprint density at radius 1 is 1.20 bits per heavy atom. The molecule has 0 bridgehead atoms. The van der Waals surface area contributed by atoms with Crippen LogP contribution in [0.5, 0.6) is 5.75 Å². The zero-order valence-electron chi connectivity index (χ0n) is 25.4. The molecule has 2 aromatic carbocycles. The lowest BCUT2D eigenvalue weighted by atomic mass is 9.83. The molecule has 0 saturated heterocycles. The molecule has 0 unspecified atom stereocenters. The van der Waals surface area contributed by atoms with Gasteiger partial charge in [-0.15, -0.1) is 0 Å². The van der Waals surface area contributed by atoms with Crippen LogP contribution in [0.4, 0.5) is 0 Å². The van der Waals surface area contributed by atoms with Gasteiger partial charge in [0.2, 0.25) is 0 Å². The van der Waals surface area contributed by atoms with Crippen LogP contribution in [0, 0.1) is 0 Å². The van der Waals surface area contributed by atoms with Crippen molar-refractivity contribution in [3.05, 3.63) is 83.7 Å². The third-order valence-electron chi connectivity index (χ3n) is 8.40. The molecule has 4 rings (SSSR count). The molecule has 1 N–H and O–H groups in total. The SMILES string of the molecule is COC(=O)c1ccccc1-c1ccc2c(c1)CC[C@H](CN(C[C@@H](O[Si](C)(C)C(C)(C)C)c1cccnc1)B(C)O)O2. The first-order chi connectivity index (χ1) is 19.4. The maximum atomic E-state index is 12.3. The molecule has 41 heavy (non-hydrogen) atoms. The Morgan fingerprint density at radius 2 is 1.95 bits per heavy atom. The average molecular weight is 575 g/mol. The number of hydrogen-bond acceptors (Lipinski definition) is 7. The van der Waals surface area contributed by atoms with Crippen LogP contribution < -0.4 is 4.74 Å². The number of rotatable bonds is 10. The van der Waals surface area contributed by atoms with Crippen LogP contribution in [-0.2, 0) is 15.6 Å². The number of pyridine rings is 1. The molecule has 0 aliphatic carbocycles. The van der Waals surface area contributed by atoms with Crippen molar-refractivity contribution in [2.24, 2.45) is 0 Å². The summed E-state index contributed by atoms with van der Waals surface area (Å²) in [5.41, 5.74) is 4.46. The van der Waals surface area contributed by atoms with E-state index in [9.17, 15) is 9.82 Å². The highest BCUT2D eigenvalue weighted by atomic mass is 28.4. The Bertz CT molecular complexity index is 1330. The van der Waals surface area contributed by atoms with Crippen LogP contribution in [0.1, 0.15) is 54.8 Å². The summed E-state index contributed by atoms with van der Waals surface area (Å²) in [6.07, 6.45) is 5.00. The second-order valence-corrected chi connectivity index (χ2v) is 17.1. The van der Waals surface area contributed by atoms with Gasteiger partial charge >= 0.3 is 13.0 Å². The molecule has 0 fully saturated rings. The van der Waals surface area contributed by atoms with Gasteiger partial charge in [0.25, 0.3) is 0 Å². The van der Waals surface area contributed by atoms with E-state index >= 15 is 0 Å². The standard InChI is InChI=1S/C32H43BN2O5Si/c1-32(2,3)41(6,7)40-30(25-11-10-18-34-20-25)22-35(33(4)37)21-26-16-14-24-19-23(15-17-29(24)39-26)27-12-8-9-13-28(27)31(36)38-5/h8-13,15,17-20,26,30,37H,14,16,21-22H2,1-7H3/t26-,30-/m1/s1. The number of hydrogen-bond donors (Lipinski definition) is 1. The molecule has 1 aliphatic rings. The summed E-state index contributed by atoms with van der Waals surface area (Å²) in [5, 5.41) is 10.9. The summed E-state index contributed by atoms with van der Waals surface area (Å²) in [6.45, 7) is 14.1. The number of aromatic nitrogens is 1. The fraction of sp³-hybridized carbons (Fsp3) is 0.438. The molecular weight excluding hydrogens is 531 g/mol. The quantitative estimate of drug-likeness (QED) is 0.222. The number of fused-ring (bicyclic) bond motifs is 1. The Kier molecular flexibility index (Phi) is 9.74. The lowest BCUT2D eigenvalue weighted by Gasteiger charge is -2.41. The van der Waals surface area contributed by atoms with Gasteiger partial charge in [-0.25, -0.2) is 4.79 Å². The highest BCUT2D eigenvalue weighted by Crippen LogP contribution is 2.40. The number of esters is 1. The molecule has 0 radical (unpaired) electrons. The van der Waals surface area contributed by atoms with E-state index in [0.29, 0.717) is 18.7 Å². The third kappa shape index (κ3) is 7.46. The second kappa shape index (κ2) is 12.9. The summed E-state index contributed by atoms with van der Waals surface area (Å²) in [7, 11) is -1.37.